The lowest BCUT2D eigenvalue weighted by molar-refractivity contribution is -0.137. The zero-order valence-electron chi connectivity index (χ0n) is 18.3. The smallest absolute Gasteiger partial charge is 0.308 e. The number of sulfone groups is 1. The Bertz CT molecular complexity index is 1330. The van der Waals surface area contributed by atoms with Crippen LogP contribution >= 0.6 is 0 Å². The van der Waals surface area contributed by atoms with E-state index >= 15 is 0 Å². The molecule has 0 spiro atoms. The quantitative estimate of drug-likeness (QED) is 0.415. The standard InChI is InChI=1S/C25H23F3N2O3S/c1-16-4-2-5-18(12-16)22-11-10-21(34(32,33)15-17-8-9-17)14-23(22)30-24(31)29-20-7-3-6-19(13-20)25(26,27)28/h2-7,10-14,17H,8-9,15H2,1H3,(H2,29,30,31). The number of anilines is 2. The summed E-state index contributed by atoms with van der Waals surface area (Å²) < 4.78 is 64.6. The third kappa shape index (κ3) is 5.77. The number of carbonyl (C=O) groups is 1. The second-order valence-corrected chi connectivity index (χ2v) is 10.5. The first-order valence-corrected chi connectivity index (χ1v) is 12.4. The van der Waals surface area contributed by atoms with Crippen molar-refractivity contribution in [1.29, 1.82) is 0 Å². The zero-order chi connectivity index (χ0) is 24.5. The highest BCUT2D eigenvalue weighted by Gasteiger charge is 2.31. The second-order valence-electron chi connectivity index (χ2n) is 8.46. The van der Waals surface area contributed by atoms with E-state index in [9.17, 15) is 26.4 Å². The minimum atomic E-state index is -4.54. The summed E-state index contributed by atoms with van der Waals surface area (Å²) in [6.07, 6.45) is -2.78. The summed E-state index contributed by atoms with van der Waals surface area (Å²) in [6.45, 7) is 1.91. The average molecular weight is 489 g/mol. The number of carbonyl (C=O) groups excluding carboxylic acids is 1. The van der Waals surface area contributed by atoms with Gasteiger partial charge in [0.25, 0.3) is 0 Å². The van der Waals surface area contributed by atoms with Crippen molar-refractivity contribution in [2.24, 2.45) is 5.92 Å². The van der Waals surface area contributed by atoms with E-state index in [2.05, 4.69) is 10.6 Å². The van der Waals surface area contributed by atoms with Crippen LogP contribution in [0, 0.1) is 12.8 Å². The first kappa shape index (κ1) is 23.8. The average Bonchev–Trinajstić information content (AvgIpc) is 3.56. The van der Waals surface area contributed by atoms with E-state index < -0.39 is 27.6 Å². The Morgan fingerprint density at radius 2 is 1.71 bits per heavy atom. The van der Waals surface area contributed by atoms with Crippen LogP contribution in [0.15, 0.2) is 71.6 Å². The minimum absolute atomic E-state index is 0.0399. The number of amides is 2. The third-order valence-corrected chi connectivity index (χ3v) is 7.41. The highest BCUT2D eigenvalue weighted by atomic mass is 32.2. The molecule has 0 aromatic heterocycles. The predicted molar refractivity (Wildman–Crippen MR) is 125 cm³/mol. The van der Waals surface area contributed by atoms with Gasteiger partial charge < -0.3 is 10.6 Å². The maximum atomic E-state index is 13.0. The SMILES string of the molecule is Cc1cccc(-c2ccc(S(=O)(=O)CC3CC3)cc2NC(=O)Nc2cccc(C(F)(F)F)c2)c1. The summed E-state index contributed by atoms with van der Waals surface area (Å²) in [5.41, 5.74) is 1.64. The van der Waals surface area contributed by atoms with Crippen LogP contribution in [-0.2, 0) is 16.0 Å². The monoisotopic (exact) mass is 488 g/mol. The Kier molecular flexibility index (Phi) is 6.40. The van der Waals surface area contributed by atoms with E-state index in [1.165, 1.54) is 24.3 Å². The molecule has 4 rings (SSSR count). The van der Waals surface area contributed by atoms with E-state index in [1.54, 1.807) is 6.07 Å². The van der Waals surface area contributed by atoms with Crippen LogP contribution in [0.1, 0.15) is 24.0 Å². The summed E-state index contributed by atoms with van der Waals surface area (Å²) >= 11 is 0. The minimum Gasteiger partial charge on any atom is -0.308 e. The zero-order valence-corrected chi connectivity index (χ0v) is 19.1. The van der Waals surface area contributed by atoms with Crippen molar-refractivity contribution in [3.05, 3.63) is 77.9 Å². The maximum Gasteiger partial charge on any atom is 0.416 e. The van der Waals surface area contributed by atoms with Crippen molar-refractivity contribution < 1.29 is 26.4 Å². The Labute approximate surface area is 195 Å². The van der Waals surface area contributed by atoms with Gasteiger partial charge in [0.1, 0.15) is 0 Å². The molecule has 3 aromatic rings. The molecule has 0 unspecified atom stereocenters. The largest absolute Gasteiger partial charge is 0.416 e. The van der Waals surface area contributed by atoms with E-state index in [0.29, 0.717) is 5.56 Å². The second kappa shape index (κ2) is 9.13. The lowest BCUT2D eigenvalue weighted by Gasteiger charge is -2.15. The van der Waals surface area contributed by atoms with Gasteiger partial charge in [-0.1, -0.05) is 42.0 Å². The molecule has 34 heavy (non-hydrogen) atoms. The molecule has 0 aliphatic heterocycles. The van der Waals surface area contributed by atoms with Gasteiger partial charge in [0.2, 0.25) is 0 Å². The molecule has 0 atom stereocenters. The first-order valence-electron chi connectivity index (χ1n) is 10.7. The lowest BCUT2D eigenvalue weighted by atomic mass is 10.0. The molecule has 1 aliphatic rings. The van der Waals surface area contributed by atoms with Crippen LogP contribution in [0.2, 0.25) is 0 Å². The van der Waals surface area contributed by atoms with E-state index in [0.717, 1.165) is 36.1 Å². The Balaban J connectivity index is 1.65. The molecule has 5 nitrogen and oxygen atoms in total. The summed E-state index contributed by atoms with van der Waals surface area (Å²) in [6, 6.07) is 15.5. The van der Waals surface area contributed by atoms with Crippen molar-refractivity contribution in [3.8, 4) is 11.1 Å². The topological polar surface area (TPSA) is 75.3 Å². The number of rotatable bonds is 6. The van der Waals surface area contributed by atoms with Gasteiger partial charge in [0.05, 0.1) is 21.9 Å². The first-order chi connectivity index (χ1) is 16.0. The Morgan fingerprint density at radius 1 is 0.971 bits per heavy atom. The van der Waals surface area contributed by atoms with Crippen LogP contribution in [0.5, 0.6) is 0 Å². The van der Waals surface area contributed by atoms with E-state index in [1.807, 2.05) is 31.2 Å². The van der Waals surface area contributed by atoms with Crippen LogP contribution in [-0.4, -0.2) is 20.2 Å². The van der Waals surface area contributed by atoms with Gasteiger partial charge in [0, 0.05) is 11.3 Å². The van der Waals surface area contributed by atoms with Gasteiger partial charge >= 0.3 is 12.2 Å². The number of nitrogens with one attached hydrogen (secondary N) is 2. The van der Waals surface area contributed by atoms with Crippen molar-refractivity contribution >= 4 is 27.2 Å². The summed E-state index contributed by atoms with van der Waals surface area (Å²) in [7, 11) is -3.54. The Hall–Kier alpha value is -3.33. The van der Waals surface area contributed by atoms with Crippen molar-refractivity contribution in [2.45, 2.75) is 30.8 Å². The molecule has 1 fully saturated rings. The maximum absolute atomic E-state index is 13.0. The predicted octanol–water partition coefficient (Wildman–Crippen LogP) is 6.51. The molecule has 2 amide bonds. The number of hydrogen-bond donors (Lipinski definition) is 2. The van der Waals surface area contributed by atoms with Gasteiger partial charge in [-0.2, -0.15) is 13.2 Å². The van der Waals surface area contributed by atoms with Crippen LogP contribution in [0.4, 0.5) is 29.3 Å². The molecule has 0 bridgehead atoms. The summed E-state index contributed by atoms with van der Waals surface area (Å²) in [4.78, 5) is 12.8. The molecule has 0 radical (unpaired) electrons. The number of hydrogen-bond acceptors (Lipinski definition) is 3. The summed E-state index contributed by atoms with van der Waals surface area (Å²) in [5, 5.41) is 5.01. The van der Waals surface area contributed by atoms with E-state index in [-0.39, 0.29) is 27.9 Å². The fourth-order valence-electron chi connectivity index (χ4n) is 3.63. The fourth-order valence-corrected chi connectivity index (χ4v) is 5.35. The Morgan fingerprint density at radius 3 is 2.38 bits per heavy atom. The number of benzene rings is 3. The van der Waals surface area contributed by atoms with Gasteiger partial charge in [-0.05, 0) is 61.6 Å². The number of alkyl halides is 3. The molecule has 2 N–H and O–H groups in total. The van der Waals surface area contributed by atoms with Gasteiger partial charge in [-0.3, -0.25) is 0 Å². The van der Waals surface area contributed by atoms with Gasteiger partial charge in [-0.25, -0.2) is 13.2 Å². The van der Waals surface area contributed by atoms with Crippen molar-refractivity contribution in [1.82, 2.24) is 0 Å². The normalized spacial score (nSPS) is 14.0. The van der Waals surface area contributed by atoms with Crippen molar-refractivity contribution in [3.63, 3.8) is 0 Å². The van der Waals surface area contributed by atoms with Crippen LogP contribution in [0.25, 0.3) is 11.1 Å². The molecular formula is C25H23F3N2O3S. The molecule has 0 heterocycles. The molecule has 0 saturated heterocycles. The number of halogens is 3. The van der Waals surface area contributed by atoms with Crippen LogP contribution < -0.4 is 10.6 Å². The van der Waals surface area contributed by atoms with Gasteiger partial charge in [-0.15, -0.1) is 0 Å². The van der Waals surface area contributed by atoms with Crippen LogP contribution in [0.3, 0.4) is 0 Å². The molecule has 1 aliphatic carbocycles. The summed E-state index contributed by atoms with van der Waals surface area (Å²) in [5.74, 6) is 0.203. The molecule has 1 saturated carbocycles. The molecule has 3 aromatic carbocycles. The van der Waals surface area contributed by atoms with E-state index in [4.69, 9.17) is 0 Å². The lowest BCUT2D eigenvalue weighted by Crippen LogP contribution is -2.20. The highest BCUT2D eigenvalue weighted by Crippen LogP contribution is 2.35. The molecular weight excluding hydrogens is 465 g/mol. The molecule has 178 valence electrons. The van der Waals surface area contributed by atoms with Gasteiger partial charge in [0.15, 0.2) is 9.84 Å². The third-order valence-electron chi connectivity index (χ3n) is 5.53. The fraction of sp³-hybridized carbons (Fsp3) is 0.240. The van der Waals surface area contributed by atoms with Crippen molar-refractivity contribution in [2.75, 3.05) is 16.4 Å². The number of urea groups is 1. The number of aryl methyl sites for hydroxylation is 1. The highest BCUT2D eigenvalue weighted by molar-refractivity contribution is 7.91. The molecule has 9 heteroatoms.